The first-order valence-electron chi connectivity index (χ1n) is 24.3. The average Bonchev–Trinajstić information content (AvgIpc) is 3.43. The van der Waals surface area contributed by atoms with Crippen LogP contribution in [0.1, 0.15) is 13.8 Å². The molecule has 328 valence electrons. The van der Waals surface area contributed by atoms with E-state index in [0.717, 1.165) is 22.4 Å². The second-order valence-corrected chi connectivity index (χ2v) is 18.5. The maximum Gasteiger partial charge on any atom is 0.0702 e. The van der Waals surface area contributed by atoms with Gasteiger partial charge in [-0.1, -0.05) is 212 Å². The Bertz CT molecular complexity index is 4290. The van der Waals surface area contributed by atoms with E-state index in [1.807, 2.05) is 6.20 Å². The van der Waals surface area contributed by atoms with Crippen molar-refractivity contribution < 1.29 is 0 Å². The van der Waals surface area contributed by atoms with Gasteiger partial charge in [0.15, 0.2) is 0 Å². The monoisotopic (exact) mass is 889 g/mol. The molecule has 0 aliphatic carbocycles. The fourth-order valence-corrected chi connectivity index (χ4v) is 11.2. The third kappa shape index (κ3) is 6.89. The van der Waals surface area contributed by atoms with Crippen molar-refractivity contribution in [1.82, 2.24) is 4.98 Å². The van der Waals surface area contributed by atoms with Crippen LogP contribution in [0.2, 0.25) is 0 Å². The van der Waals surface area contributed by atoms with Crippen molar-refractivity contribution in [3.05, 3.63) is 247 Å². The molecule has 0 amide bonds. The van der Waals surface area contributed by atoms with Crippen LogP contribution in [0, 0.1) is 0 Å². The lowest BCUT2D eigenvalue weighted by molar-refractivity contribution is 1.33. The molecule has 1 heterocycles. The van der Waals surface area contributed by atoms with Gasteiger partial charge in [0.1, 0.15) is 0 Å². The third-order valence-electron chi connectivity index (χ3n) is 14.6. The van der Waals surface area contributed by atoms with Crippen molar-refractivity contribution in [3.63, 3.8) is 0 Å². The maximum atomic E-state index is 5.13. The minimum absolute atomic E-state index is 0.943. The van der Waals surface area contributed by atoms with E-state index in [0.29, 0.717) is 0 Å². The zero-order valence-corrected chi connectivity index (χ0v) is 39.1. The van der Waals surface area contributed by atoms with Crippen LogP contribution in [-0.2, 0) is 0 Å². The molecular weight excluding hydrogens is 843 g/mol. The van der Waals surface area contributed by atoms with Crippen LogP contribution in [0.25, 0.3) is 144 Å². The Morgan fingerprint density at radius 3 is 1.14 bits per heavy atom. The zero-order chi connectivity index (χ0) is 46.7. The summed E-state index contributed by atoms with van der Waals surface area (Å²) in [6.07, 6.45) is 6.43. The van der Waals surface area contributed by atoms with Crippen molar-refractivity contribution in [2.45, 2.75) is 13.8 Å². The van der Waals surface area contributed by atoms with E-state index < -0.39 is 0 Å². The first kappa shape index (κ1) is 41.3. The van der Waals surface area contributed by atoms with E-state index in [1.165, 1.54) is 120 Å². The Hall–Kier alpha value is -8.91. The van der Waals surface area contributed by atoms with Gasteiger partial charge in [0.25, 0.3) is 0 Å². The van der Waals surface area contributed by atoms with Gasteiger partial charge in [-0.05, 0) is 169 Å². The molecule has 0 spiro atoms. The van der Waals surface area contributed by atoms with E-state index in [2.05, 4.69) is 257 Å². The van der Waals surface area contributed by atoms with E-state index >= 15 is 0 Å². The Morgan fingerprint density at radius 1 is 0.257 bits per heavy atom. The topological polar surface area (TPSA) is 12.9 Å². The second kappa shape index (κ2) is 17.0. The van der Waals surface area contributed by atoms with Crippen molar-refractivity contribution >= 4 is 76.8 Å². The molecule has 12 aromatic carbocycles. The van der Waals surface area contributed by atoms with Crippen LogP contribution >= 0.6 is 0 Å². The molecule has 0 N–H and O–H groups in total. The molecule has 0 atom stereocenters. The summed E-state index contributed by atoms with van der Waals surface area (Å²) in [5.74, 6) is 0. The minimum Gasteiger partial charge on any atom is -0.256 e. The highest BCUT2D eigenvalue weighted by molar-refractivity contribution is 6.23. The highest BCUT2D eigenvalue weighted by atomic mass is 14.7. The Kier molecular flexibility index (Phi) is 10.0. The molecule has 0 radical (unpaired) electrons. The number of aromatic nitrogens is 1. The molecule has 0 bridgehead atoms. The van der Waals surface area contributed by atoms with Gasteiger partial charge in [-0.25, -0.2) is 0 Å². The fraction of sp³-hybridized carbons (Fsp3) is 0.0290. The van der Waals surface area contributed by atoms with Crippen LogP contribution in [0.3, 0.4) is 0 Å². The summed E-state index contributed by atoms with van der Waals surface area (Å²) in [5.41, 5.74) is 14.1. The summed E-state index contributed by atoms with van der Waals surface area (Å²) < 4.78 is 0. The first-order valence-corrected chi connectivity index (χ1v) is 24.3. The lowest BCUT2D eigenvalue weighted by atomic mass is 9.84. The minimum atomic E-state index is 0.943. The normalized spacial score (nSPS) is 12.3. The molecule has 0 saturated carbocycles. The van der Waals surface area contributed by atoms with Crippen molar-refractivity contribution in [3.8, 4) is 66.9 Å². The van der Waals surface area contributed by atoms with Gasteiger partial charge in [0.2, 0.25) is 0 Å². The molecule has 0 aliphatic rings. The molecule has 0 fully saturated rings. The van der Waals surface area contributed by atoms with Crippen molar-refractivity contribution in [1.29, 1.82) is 0 Å². The molecule has 13 rings (SSSR count). The highest BCUT2D eigenvalue weighted by Gasteiger charge is 2.20. The summed E-state index contributed by atoms with van der Waals surface area (Å²) in [5, 5.41) is 17.4. The zero-order valence-electron chi connectivity index (χ0n) is 39.1. The summed E-state index contributed by atoms with van der Waals surface area (Å²) in [7, 11) is 0. The molecule has 1 heteroatoms. The predicted molar refractivity (Wildman–Crippen MR) is 301 cm³/mol. The van der Waals surface area contributed by atoms with Crippen LogP contribution in [-0.4, -0.2) is 4.98 Å². The van der Waals surface area contributed by atoms with Gasteiger partial charge >= 0.3 is 0 Å². The quantitative estimate of drug-likeness (QED) is 0.152. The van der Waals surface area contributed by atoms with Gasteiger partial charge in [-0.15, -0.1) is 0 Å². The predicted octanol–water partition coefficient (Wildman–Crippen LogP) is 17.6. The Labute approximate surface area is 407 Å². The SMILES string of the molecule is C/C=c1/ccc(-c2c3ccccc3c(-c3ccc(-c4ccc(-c5ccc6c(-c7ccc8ccccc8c7)c7ccccc7c(-c7ccc8ccccc8c7)c6c5)cn4)cc3)c3ccccc23)c/c1=C/C. The average molecular weight is 890 g/mol. The van der Waals surface area contributed by atoms with Crippen molar-refractivity contribution in [2.24, 2.45) is 0 Å². The summed E-state index contributed by atoms with van der Waals surface area (Å²) in [4.78, 5) is 5.13. The number of benzene rings is 12. The Balaban J connectivity index is 0.911. The molecule has 0 aliphatic heterocycles. The smallest absolute Gasteiger partial charge is 0.0702 e. The first-order chi connectivity index (χ1) is 34.6. The number of hydrogen-bond donors (Lipinski definition) is 0. The molecule has 70 heavy (non-hydrogen) atoms. The summed E-state index contributed by atoms with van der Waals surface area (Å²) in [6, 6.07) is 85.0. The van der Waals surface area contributed by atoms with Gasteiger partial charge in [-0.3, -0.25) is 4.98 Å². The molecular formula is C69H47N. The van der Waals surface area contributed by atoms with Crippen LogP contribution in [0.5, 0.6) is 0 Å². The van der Waals surface area contributed by atoms with Crippen LogP contribution < -0.4 is 10.4 Å². The summed E-state index contributed by atoms with van der Waals surface area (Å²) in [6.45, 7) is 4.23. The standard InChI is InChI=1S/C69H47N/c1-3-44-25-32-53(39-45(44)4-2)67-59-21-11-9-19-57(59)66(58-20-10-12-22-60(58)67)49-30-28-48(29-31-49)65-38-36-56(43-70-65)52-35-37-63-64(42-52)69(55-34-27-47-16-6-8-18-51(47)41-55)62-24-14-13-23-61(62)68(63)54-33-26-46-15-5-7-17-50(46)40-54/h3-43H,1-2H3/b44-3-,45-4-. The van der Waals surface area contributed by atoms with E-state index in [1.54, 1.807) is 0 Å². The van der Waals surface area contributed by atoms with Gasteiger partial charge in [-0.2, -0.15) is 0 Å². The van der Waals surface area contributed by atoms with Gasteiger partial charge in [0.05, 0.1) is 5.69 Å². The van der Waals surface area contributed by atoms with E-state index in [9.17, 15) is 0 Å². The lowest BCUT2D eigenvalue weighted by Crippen LogP contribution is -2.23. The van der Waals surface area contributed by atoms with E-state index in [4.69, 9.17) is 4.98 Å². The molecule has 1 nitrogen and oxygen atoms in total. The number of rotatable bonds is 6. The number of hydrogen-bond acceptors (Lipinski definition) is 1. The number of fused-ring (bicyclic) bond motifs is 6. The third-order valence-corrected chi connectivity index (χ3v) is 14.6. The molecule has 13 aromatic rings. The van der Waals surface area contributed by atoms with Crippen molar-refractivity contribution in [2.75, 3.05) is 0 Å². The molecule has 0 saturated heterocycles. The summed E-state index contributed by atoms with van der Waals surface area (Å²) >= 11 is 0. The van der Waals surface area contributed by atoms with Gasteiger partial charge < -0.3 is 0 Å². The molecule has 1 aromatic heterocycles. The number of pyridine rings is 1. The lowest BCUT2D eigenvalue weighted by Gasteiger charge is -2.19. The van der Waals surface area contributed by atoms with E-state index in [-0.39, 0.29) is 0 Å². The van der Waals surface area contributed by atoms with Crippen LogP contribution in [0.4, 0.5) is 0 Å². The van der Waals surface area contributed by atoms with Gasteiger partial charge in [0, 0.05) is 17.3 Å². The molecule has 0 unspecified atom stereocenters. The fourth-order valence-electron chi connectivity index (χ4n) is 11.2. The number of nitrogens with zero attached hydrogens (tertiary/aromatic N) is 1. The maximum absolute atomic E-state index is 5.13. The highest BCUT2D eigenvalue weighted by Crippen LogP contribution is 2.47. The second-order valence-electron chi connectivity index (χ2n) is 18.5. The van der Waals surface area contributed by atoms with Crippen LogP contribution in [0.15, 0.2) is 237 Å². The largest absolute Gasteiger partial charge is 0.256 e. The Morgan fingerprint density at radius 2 is 0.643 bits per heavy atom.